The number of nitrogens with zero attached hydrogens (tertiary/aromatic N) is 2. The van der Waals surface area contributed by atoms with Gasteiger partial charge >= 0.3 is 0 Å². The van der Waals surface area contributed by atoms with E-state index in [1.807, 2.05) is 36.6 Å². The highest BCUT2D eigenvalue weighted by Gasteiger charge is 2.32. The predicted molar refractivity (Wildman–Crippen MR) is 109 cm³/mol. The van der Waals surface area contributed by atoms with Crippen LogP contribution in [0.3, 0.4) is 0 Å². The lowest BCUT2D eigenvalue weighted by Crippen LogP contribution is -2.47. The van der Waals surface area contributed by atoms with Gasteiger partial charge in [-0.1, -0.05) is 23.9 Å². The van der Waals surface area contributed by atoms with Crippen LogP contribution in [0.15, 0.2) is 46.8 Å². The molecule has 1 aromatic heterocycles. The van der Waals surface area contributed by atoms with Gasteiger partial charge in [0.25, 0.3) is 5.91 Å². The van der Waals surface area contributed by atoms with Crippen molar-refractivity contribution >= 4 is 56.5 Å². The largest absolute Gasteiger partial charge is 0.479 e. The van der Waals surface area contributed by atoms with Crippen molar-refractivity contribution in [3.63, 3.8) is 0 Å². The quantitative estimate of drug-likeness (QED) is 0.676. The van der Waals surface area contributed by atoms with Gasteiger partial charge < -0.3 is 10.1 Å². The number of aromatic nitrogens is 1. The fraction of sp³-hybridized carbons (Fsp3) is 0.211. The van der Waals surface area contributed by atoms with Crippen LogP contribution in [0.1, 0.15) is 6.92 Å². The van der Waals surface area contributed by atoms with Gasteiger partial charge in [0.1, 0.15) is 12.3 Å². The molecule has 0 saturated heterocycles. The maximum Gasteiger partial charge on any atom is 0.268 e. The molecule has 8 heteroatoms. The van der Waals surface area contributed by atoms with Crippen molar-refractivity contribution in [2.24, 2.45) is 0 Å². The average Bonchev–Trinajstić information content (AvgIpc) is 3.08. The Morgan fingerprint density at radius 2 is 2.15 bits per heavy atom. The van der Waals surface area contributed by atoms with E-state index in [2.05, 4.69) is 10.3 Å². The third-order valence-corrected chi connectivity index (χ3v) is 6.21. The van der Waals surface area contributed by atoms with Gasteiger partial charge in [0, 0.05) is 5.69 Å². The molecule has 1 atom stereocenters. The fourth-order valence-corrected chi connectivity index (χ4v) is 4.46. The number of rotatable bonds is 4. The molecule has 0 radical (unpaired) electrons. The molecule has 0 fully saturated rings. The van der Waals surface area contributed by atoms with E-state index in [9.17, 15) is 9.59 Å². The lowest BCUT2D eigenvalue weighted by Gasteiger charge is -2.32. The zero-order valence-electron chi connectivity index (χ0n) is 14.8. The van der Waals surface area contributed by atoms with Gasteiger partial charge in [-0.3, -0.25) is 14.5 Å². The molecule has 0 spiro atoms. The number of thioether (sulfide) groups is 1. The first-order valence-corrected chi connectivity index (χ1v) is 10.4. The Labute approximate surface area is 164 Å². The van der Waals surface area contributed by atoms with Crippen LogP contribution < -0.4 is 15.0 Å². The second-order valence-electron chi connectivity index (χ2n) is 6.07. The maximum atomic E-state index is 12.6. The Morgan fingerprint density at radius 1 is 1.33 bits per heavy atom. The van der Waals surface area contributed by atoms with Crippen LogP contribution in [-0.2, 0) is 9.59 Å². The molecule has 3 aromatic rings. The van der Waals surface area contributed by atoms with Gasteiger partial charge in [-0.15, -0.1) is 11.3 Å². The molecule has 0 aliphatic carbocycles. The average molecular weight is 399 g/mol. The molecule has 2 heterocycles. The van der Waals surface area contributed by atoms with E-state index in [4.69, 9.17) is 4.74 Å². The zero-order chi connectivity index (χ0) is 19.0. The second kappa shape index (κ2) is 7.21. The molecule has 0 bridgehead atoms. The summed E-state index contributed by atoms with van der Waals surface area (Å²) < 4.78 is 7.60. The number of hydrogen-bond donors (Lipinski definition) is 1. The number of amides is 2. The van der Waals surface area contributed by atoms with E-state index >= 15 is 0 Å². The molecule has 0 saturated carbocycles. The molecule has 2 aromatic carbocycles. The lowest BCUT2D eigenvalue weighted by atomic mass is 10.2. The SMILES string of the molecule is CSc1nc2ccc(NC(=O)CN3C(=O)[C@H](C)Oc4ccccc43)cc2s1. The normalized spacial score (nSPS) is 16.1. The van der Waals surface area contributed by atoms with Crippen LogP contribution in [0, 0.1) is 0 Å². The van der Waals surface area contributed by atoms with Gasteiger partial charge in [-0.2, -0.15) is 0 Å². The summed E-state index contributed by atoms with van der Waals surface area (Å²) in [6.07, 6.45) is 1.37. The summed E-state index contributed by atoms with van der Waals surface area (Å²) in [5.41, 5.74) is 2.21. The molecule has 27 heavy (non-hydrogen) atoms. The Bertz CT molecular complexity index is 1030. The minimum atomic E-state index is -0.619. The van der Waals surface area contributed by atoms with Gasteiger partial charge in [0.2, 0.25) is 5.91 Å². The summed E-state index contributed by atoms with van der Waals surface area (Å²) in [5.74, 6) is 0.112. The number of carbonyl (C=O) groups is 2. The van der Waals surface area contributed by atoms with Crippen LogP contribution >= 0.6 is 23.1 Å². The Hall–Kier alpha value is -2.58. The highest BCUT2D eigenvalue weighted by Crippen LogP contribution is 2.34. The smallest absolute Gasteiger partial charge is 0.268 e. The lowest BCUT2D eigenvalue weighted by molar-refractivity contribution is -0.127. The summed E-state index contributed by atoms with van der Waals surface area (Å²) in [4.78, 5) is 31.0. The van der Waals surface area contributed by atoms with Crippen LogP contribution in [0.5, 0.6) is 5.75 Å². The van der Waals surface area contributed by atoms with Crippen molar-refractivity contribution in [3.05, 3.63) is 42.5 Å². The first kappa shape index (κ1) is 17.8. The Morgan fingerprint density at radius 3 is 2.96 bits per heavy atom. The molecule has 4 rings (SSSR count). The number of benzene rings is 2. The molecular formula is C19H17N3O3S2. The van der Waals surface area contributed by atoms with Gasteiger partial charge in [-0.05, 0) is 43.5 Å². The van der Waals surface area contributed by atoms with Gasteiger partial charge in [0.15, 0.2) is 10.4 Å². The molecule has 6 nitrogen and oxygen atoms in total. The minimum absolute atomic E-state index is 0.0691. The Balaban J connectivity index is 1.53. The standard InChI is InChI=1S/C19H17N3O3S2/c1-11-18(24)22(14-5-3-4-6-15(14)25-11)10-17(23)20-12-7-8-13-16(9-12)27-19(21-13)26-2/h3-9,11H,10H2,1-2H3,(H,20,23)/t11-/m0/s1. The van der Waals surface area contributed by atoms with Gasteiger partial charge in [0.05, 0.1) is 15.9 Å². The molecule has 1 aliphatic heterocycles. The summed E-state index contributed by atoms with van der Waals surface area (Å²) in [7, 11) is 0. The van der Waals surface area contributed by atoms with Crippen LogP contribution in [0.25, 0.3) is 10.2 Å². The summed E-state index contributed by atoms with van der Waals surface area (Å²) >= 11 is 3.18. The molecule has 2 amide bonds. The number of ether oxygens (including phenoxy) is 1. The number of nitrogens with one attached hydrogen (secondary N) is 1. The highest BCUT2D eigenvalue weighted by atomic mass is 32.2. The van der Waals surface area contributed by atoms with Crippen molar-refractivity contribution in [2.45, 2.75) is 17.4 Å². The molecule has 0 unspecified atom stereocenters. The molecular weight excluding hydrogens is 382 g/mol. The van der Waals surface area contributed by atoms with E-state index < -0.39 is 6.10 Å². The first-order chi connectivity index (χ1) is 13.0. The Kier molecular flexibility index (Phi) is 4.75. The predicted octanol–water partition coefficient (Wildman–Crippen LogP) is 3.77. The number of para-hydroxylation sites is 2. The van der Waals surface area contributed by atoms with Crippen molar-refractivity contribution in [1.82, 2.24) is 4.98 Å². The molecule has 1 aliphatic rings. The van der Waals surface area contributed by atoms with Crippen LogP contribution in [0.2, 0.25) is 0 Å². The van der Waals surface area contributed by atoms with Crippen molar-refractivity contribution in [3.8, 4) is 5.75 Å². The highest BCUT2D eigenvalue weighted by molar-refractivity contribution is 8.00. The van der Waals surface area contributed by atoms with Crippen LogP contribution in [0.4, 0.5) is 11.4 Å². The number of anilines is 2. The van der Waals surface area contributed by atoms with Crippen LogP contribution in [-0.4, -0.2) is 35.7 Å². The number of carbonyl (C=O) groups excluding carboxylic acids is 2. The van der Waals surface area contributed by atoms with Crippen molar-refractivity contribution in [1.29, 1.82) is 0 Å². The monoisotopic (exact) mass is 399 g/mol. The van der Waals surface area contributed by atoms with E-state index in [0.29, 0.717) is 17.1 Å². The topological polar surface area (TPSA) is 71.5 Å². The zero-order valence-corrected chi connectivity index (χ0v) is 16.4. The second-order valence-corrected chi connectivity index (χ2v) is 8.15. The molecule has 138 valence electrons. The van der Waals surface area contributed by atoms with E-state index in [-0.39, 0.29) is 18.4 Å². The fourth-order valence-electron chi connectivity index (χ4n) is 2.93. The van der Waals surface area contributed by atoms with E-state index in [0.717, 1.165) is 14.6 Å². The number of fused-ring (bicyclic) bond motifs is 2. The summed E-state index contributed by atoms with van der Waals surface area (Å²) in [6, 6.07) is 12.8. The van der Waals surface area contributed by atoms with Crippen molar-refractivity contribution < 1.29 is 14.3 Å². The number of thiazole rings is 1. The van der Waals surface area contributed by atoms with Gasteiger partial charge in [-0.25, -0.2) is 4.98 Å². The first-order valence-electron chi connectivity index (χ1n) is 8.36. The summed E-state index contributed by atoms with van der Waals surface area (Å²) in [5, 5.41) is 2.87. The van der Waals surface area contributed by atoms with E-state index in [1.54, 1.807) is 42.2 Å². The minimum Gasteiger partial charge on any atom is -0.479 e. The molecule has 1 N–H and O–H groups in total. The maximum absolute atomic E-state index is 12.6. The third kappa shape index (κ3) is 3.50. The van der Waals surface area contributed by atoms with E-state index in [1.165, 1.54) is 4.90 Å². The van der Waals surface area contributed by atoms with Crippen molar-refractivity contribution in [2.75, 3.05) is 23.0 Å². The summed E-state index contributed by atoms with van der Waals surface area (Å²) in [6.45, 7) is 1.62. The third-order valence-electron chi connectivity index (χ3n) is 4.20. The number of hydrogen-bond acceptors (Lipinski definition) is 6.